The Kier molecular flexibility index (Phi) is 3.98. The van der Waals surface area contributed by atoms with Crippen molar-refractivity contribution in [1.82, 2.24) is 4.72 Å². The van der Waals surface area contributed by atoms with Gasteiger partial charge in [-0.05, 0) is 36.6 Å². The lowest BCUT2D eigenvalue weighted by atomic mass is 10.2. The Morgan fingerprint density at radius 2 is 2.26 bits per heavy atom. The summed E-state index contributed by atoms with van der Waals surface area (Å²) in [6.07, 6.45) is 2.88. The second-order valence-electron chi connectivity index (χ2n) is 4.89. The number of rotatable bonds is 6. The summed E-state index contributed by atoms with van der Waals surface area (Å²) in [6, 6.07) is -0.0362. The lowest BCUT2D eigenvalue weighted by Gasteiger charge is -2.07. The van der Waals surface area contributed by atoms with Gasteiger partial charge in [-0.1, -0.05) is 13.3 Å². The highest BCUT2D eigenvalue weighted by atomic mass is 32.2. The van der Waals surface area contributed by atoms with Gasteiger partial charge in [-0.3, -0.25) is 0 Å². The van der Waals surface area contributed by atoms with Crippen LogP contribution in [0.4, 0.5) is 0 Å². The second-order valence-corrected chi connectivity index (χ2v) is 7.42. The van der Waals surface area contributed by atoms with Crippen molar-refractivity contribution in [2.24, 2.45) is 5.92 Å². The zero-order valence-electron chi connectivity index (χ0n) is 10.8. The Bertz CT molecular complexity index is 591. The SMILES string of the molecule is CCCC1CC1NS(=O)(=O)c1c(C)csc1C(=O)O. The molecular weight excluding hydrogens is 286 g/mol. The molecule has 2 atom stereocenters. The smallest absolute Gasteiger partial charge is 0.347 e. The molecule has 1 aromatic rings. The third-order valence-electron chi connectivity index (χ3n) is 3.27. The third-order valence-corrected chi connectivity index (χ3v) is 6.16. The van der Waals surface area contributed by atoms with Gasteiger partial charge >= 0.3 is 5.97 Å². The molecule has 2 unspecified atom stereocenters. The number of carbonyl (C=O) groups is 1. The van der Waals surface area contributed by atoms with Crippen molar-refractivity contribution < 1.29 is 18.3 Å². The predicted molar refractivity (Wildman–Crippen MR) is 73.1 cm³/mol. The van der Waals surface area contributed by atoms with Crippen LogP contribution in [0.3, 0.4) is 0 Å². The third kappa shape index (κ3) is 2.98. The summed E-state index contributed by atoms with van der Waals surface area (Å²) >= 11 is 0.951. The molecule has 0 bridgehead atoms. The van der Waals surface area contributed by atoms with Crippen molar-refractivity contribution >= 4 is 27.3 Å². The van der Waals surface area contributed by atoms with Crippen LogP contribution in [0.5, 0.6) is 0 Å². The average molecular weight is 303 g/mol. The minimum Gasteiger partial charge on any atom is -0.477 e. The molecule has 1 aliphatic carbocycles. The number of sulfonamides is 1. The van der Waals surface area contributed by atoms with Crippen LogP contribution in [0.2, 0.25) is 0 Å². The maximum absolute atomic E-state index is 12.3. The van der Waals surface area contributed by atoms with E-state index in [1.807, 2.05) is 0 Å². The van der Waals surface area contributed by atoms with E-state index in [1.54, 1.807) is 12.3 Å². The Morgan fingerprint density at radius 3 is 2.84 bits per heavy atom. The van der Waals surface area contributed by atoms with Crippen LogP contribution >= 0.6 is 11.3 Å². The summed E-state index contributed by atoms with van der Waals surface area (Å²) in [5.41, 5.74) is 0.489. The van der Waals surface area contributed by atoms with Gasteiger partial charge in [0.2, 0.25) is 10.0 Å². The van der Waals surface area contributed by atoms with Gasteiger partial charge in [0.1, 0.15) is 9.77 Å². The summed E-state index contributed by atoms with van der Waals surface area (Å²) < 4.78 is 27.2. The van der Waals surface area contributed by atoms with E-state index < -0.39 is 16.0 Å². The molecule has 5 nitrogen and oxygen atoms in total. The molecular formula is C12H17NO4S2. The van der Waals surface area contributed by atoms with Crippen LogP contribution in [0, 0.1) is 12.8 Å². The largest absolute Gasteiger partial charge is 0.477 e. The number of carboxylic acids is 1. The van der Waals surface area contributed by atoms with Gasteiger partial charge in [0.15, 0.2) is 0 Å². The van der Waals surface area contributed by atoms with Gasteiger partial charge < -0.3 is 5.11 Å². The van der Waals surface area contributed by atoms with Gasteiger partial charge in [-0.25, -0.2) is 17.9 Å². The van der Waals surface area contributed by atoms with Gasteiger partial charge in [0.25, 0.3) is 0 Å². The summed E-state index contributed by atoms with van der Waals surface area (Å²) in [5.74, 6) is -0.800. The van der Waals surface area contributed by atoms with E-state index in [9.17, 15) is 13.2 Å². The fraction of sp³-hybridized carbons (Fsp3) is 0.583. The molecule has 1 aromatic heterocycles. The van der Waals surface area contributed by atoms with E-state index in [1.165, 1.54) is 0 Å². The first-order valence-electron chi connectivity index (χ1n) is 6.20. The molecule has 7 heteroatoms. The highest BCUT2D eigenvalue weighted by molar-refractivity contribution is 7.89. The van der Waals surface area contributed by atoms with Crippen molar-refractivity contribution in [2.75, 3.05) is 0 Å². The number of nitrogens with one attached hydrogen (secondary N) is 1. The average Bonchev–Trinajstić information content (AvgIpc) is 2.87. The topological polar surface area (TPSA) is 83.5 Å². The lowest BCUT2D eigenvalue weighted by molar-refractivity contribution is 0.0698. The van der Waals surface area contributed by atoms with Gasteiger partial charge in [0.05, 0.1) is 0 Å². The Hall–Kier alpha value is -0.920. The molecule has 2 rings (SSSR count). The van der Waals surface area contributed by atoms with Crippen molar-refractivity contribution in [2.45, 2.75) is 44.0 Å². The summed E-state index contributed by atoms with van der Waals surface area (Å²) in [4.78, 5) is 10.9. The minimum absolute atomic E-state index is 0.0362. The van der Waals surface area contributed by atoms with Crippen molar-refractivity contribution in [3.63, 3.8) is 0 Å². The molecule has 1 saturated carbocycles. The second kappa shape index (κ2) is 5.22. The Labute approximate surface area is 116 Å². The zero-order chi connectivity index (χ0) is 14.2. The highest BCUT2D eigenvalue weighted by Gasteiger charge is 2.40. The van der Waals surface area contributed by atoms with Crippen LogP contribution in [0.1, 0.15) is 41.4 Å². The van der Waals surface area contributed by atoms with Crippen LogP contribution in [0.15, 0.2) is 10.3 Å². The fourth-order valence-electron chi connectivity index (χ4n) is 2.25. The predicted octanol–water partition coefficient (Wildman–Crippen LogP) is 2.22. The maximum atomic E-state index is 12.3. The van der Waals surface area contributed by atoms with Crippen molar-refractivity contribution in [1.29, 1.82) is 0 Å². The molecule has 1 heterocycles. The number of thiophene rings is 1. The normalized spacial score (nSPS) is 22.4. The van der Waals surface area contributed by atoms with E-state index in [0.717, 1.165) is 30.6 Å². The van der Waals surface area contributed by atoms with Gasteiger partial charge in [0, 0.05) is 6.04 Å². The number of carboxylic acid groups (broad SMARTS) is 1. The molecule has 106 valence electrons. The van der Waals surface area contributed by atoms with Crippen LogP contribution in [0.25, 0.3) is 0 Å². The quantitative estimate of drug-likeness (QED) is 0.844. The lowest BCUT2D eigenvalue weighted by Crippen LogP contribution is -2.28. The molecule has 19 heavy (non-hydrogen) atoms. The van der Waals surface area contributed by atoms with Gasteiger partial charge in [-0.15, -0.1) is 11.3 Å². The number of aromatic carboxylic acids is 1. The first-order chi connectivity index (χ1) is 8.86. The molecule has 0 radical (unpaired) electrons. The van der Waals surface area contributed by atoms with Crippen molar-refractivity contribution in [3.8, 4) is 0 Å². The molecule has 0 spiro atoms. The van der Waals surface area contributed by atoms with Crippen LogP contribution in [-0.2, 0) is 10.0 Å². The molecule has 2 N–H and O–H groups in total. The Balaban J connectivity index is 2.21. The minimum atomic E-state index is -3.73. The van der Waals surface area contributed by atoms with E-state index in [0.29, 0.717) is 11.5 Å². The maximum Gasteiger partial charge on any atom is 0.347 e. The van der Waals surface area contributed by atoms with E-state index in [4.69, 9.17) is 5.11 Å². The molecule has 0 aliphatic heterocycles. The van der Waals surface area contributed by atoms with E-state index in [-0.39, 0.29) is 15.8 Å². The molecule has 0 aromatic carbocycles. The number of hydrogen-bond acceptors (Lipinski definition) is 4. The monoisotopic (exact) mass is 303 g/mol. The van der Waals surface area contributed by atoms with Crippen LogP contribution in [-0.4, -0.2) is 25.5 Å². The summed E-state index contributed by atoms with van der Waals surface area (Å²) in [6.45, 7) is 3.68. The first-order valence-corrected chi connectivity index (χ1v) is 8.56. The van der Waals surface area contributed by atoms with Crippen LogP contribution < -0.4 is 4.72 Å². The summed E-state index contributed by atoms with van der Waals surface area (Å²) in [5, 5.41) is 10.6. The fourth-order valence-corrected chi connectivity index (χ4v) is 5.20. The highest BCUT2D eigenvalue weighted by Crippen LogP contribution is 2.36. The summed E-state index contributed by atoms with van der Waals surface area (Å²) in [7, 11) is -3.73. The first kappa shape index (κ1) is 14.5. The molecule has 1 fully saturated rings. The van der Waals surface area contributed by atoms with Gasteiger partial charge in [-0.2, -0.15) is 0 Å². The molecule has 1 aliphatic rings. The van der Waals surface area contributed by atoms with E-state index >= 15 is 0 Å². The number of aryl methyl sites for hydroxylation is 1. The number of hydrogen-bond donors (Lipinski definition) is 2. The molecule has 0 saturated heterocycles. The molecule has 0 amide bonds. The Morgan fingerprint density at radius 1 is 1.58 bits per heavy atom. The van der Waals surface area contributed by atoms with Crippen molar-refractivity contribution in [3.05, 3.63) is 15.8 Å². The standard InChI is InChI=1S/C12H17NO4S2/c1-3-4-8-5-9(8)13-19(16,17)11-7(2)6-18-10(11)12(14)15/h6,8-9,13H,3-5H2,1-2H3,(H,14,15). The zero-order valence-corrected chi connectivity index (χ0v) is 12.5. The van der Waals surface area contributed by atoms with E-state index in [2.05, 4.69) is 11.6 Å².